The van der Waals surface area contributed by atoms with Crippen LogP contribution in [0, 0.1) is 6.92 Å². The van der Waals surface area contributed by atoms with E-state index in [1.165, 1.54) is 24.0 Å². The molecule has 0 radical (unpaired) electrons. The Bertz CT molecular complexity index is 667. The molecule has 0 atom stereocenters. The van der Waals surface area contributed by atoms with Crippen molar-refractivity contribution in [1.29, 1.82) is 0 Å². The van der Waals surface area contributed by atoms with Crippen LogP contribution in [0.4, 0.5) is 0 Å². The molecule has 0 bridgehead atoms. The number of nitrogens with zero attached hydrogens (tertiary/aromatic N) is 5. The van der Waals surface area contributed by atoms with Crippen molar-refractivity contribution in [3.8, 4) is 0 Å². The molecular formula is C16H22N6O. The van der Waals surface area contributed by atoms with Crippen molar-refractivity contribution in [3.05, 3.63) is 35.4 Å². The second kappa shape index (κ2) is 7.30. The predicted molar refractivity (Wildman–Crippen MR) is 84.8 cm³/mol. The molecule has 0 saturated carbocycles. The molecule has 2 aromatic heterocycles. The van der Waals surface area contributed by atoms with Crippen LogP contribution in [0.1, 0.15) is 42.0 Å². The summed E-state index contributed by atoms with van der Waals surface area (Å²) in [6.07, 6.45) is 8.42. The lowest BCUT2D eigenvalue weighted by Gasteiger charge is -2.08. The maximum atomic E-state index is 11.8. The van der Waals surface area contributed by atoms with Gasteiger partial charge in [0.1, 0.15) is 18.5 Å². The van der Waals surface area contributed by atoms with E-state index in [4.69, 9.17) is 0 Å². The van der Waals surface area contributed by atoms with Gasteiger partial charge in [-0.3, -0.25) is 9.48 Å². The fourth-order valence-electron chi connectivity index (χ4n) is 2.95. The molecule has 7 nitrogen and oxygen atoms in total. The zero-order chi connectivity index (χ0) is 16.1. The number of hydrogen-bond acceptors (Lipinski definition) is 5. The van der Waals surface area contributed by atoms with E-state index in [1.807, 2.05) is 0 Å². The number of carbonyl (C=O) groups is 1. The van der Waals surface area contributed by atoms with Crippen LogP contribution in [0.3, 0.4) is 0 Å². The van der Waals surface area contributed by atoms with Crippen molar-refractivity contribution in [1.82, 2.24) is 30.0 Å². The van der Waals surface area contributed by atoms with E-state index >= 15 is 0 Å². The number of aromatic nitrogens is 5. The van der Waals surface area contributed by atoms with Gasteiger partial charge in [-0.2, -0.15) is 5.10 Å². The predicted octanol–water partition coefficient (Wildman–Crippen LogP) is 1.00. The van der Waals surface area contributed by atoms with Crippen molar-refractivity contribution >= 4 is 5.91 Å². The first kappa shape index (κ1) is 15.6. The molecule has 1 N–H and O–H groups in total. The third-order valence-corrected chi connectivity index (χ3v) is 4.11. The zero-order valence-electron chi connectivity index (χ0n) is 13.5. The minimum Gasteiger partial charge on any atom is -0.356 e. The van der Waals surface area contributed by atoms with Crippen LogP contribution in [-0.4, -0.2) is 37.2 Å². The Labute approximate surface area is 135 Å². The highest BCUT2D eigenvalue weighted by Crippen LogP contribution is 2.22. The van der Waals surface area contributed by atoms with Crippen LogP contribution in [-0.2, 0) is 30.6 Å². The average molecular weight is 314 g/mol. The molecule has 2 aromatic rings. The van der Waals surface area contributed by atoms with Gasteiger partial charge in [-0.15, -0.1) is 0 Å². The van der Waals surface area contributed by atoms with Crippen molar-refractivity contribution in [3.63, 3.8) is 0 Å². The van der Waals surface area contributed by atoms with E-state index in [0.29, 0.717) is 25.9 Å². The van der Waals surface area contributed by atoms with Crippen molar-refractivity contribution in [2.45, 2.75) is 52.0 Å². The zero-order valence-corrected chi connectivity index (χ0v) is 13.5. The molecule has 1 aliphatic carbocycles. The van der Waals surface area contributed by atoms with Crippen LogP contribution in [0.15, 0.2) is 12.7 Å². The third-order valence-electron chi connectivity index (χ3n) is 4.11. The molecule has 1 aliphatic rings. The molecule has 0 aliphatic heterocycles. The molecule has 23 heavy (non-hydrogen) atoms. The first-order valence-electron chi connectivity index (χ1n) is 8.17. The van der Waals surface area contributed by atoms with Crippen LogP contribution in [0.2, 0.25) is 0 Å². The summed E-state index contributed by atoms with van der Waals surface area (Å²) < 4.78 is 1.73. The topological polar surface area (TPSA) is 85.6 Å². The highest BCUT2D eigenvalue weighted by molar-refractivity contribution is 5.75. The average Bonchev–Trinajstić information content (AvgIpc) is 3.18. The molecule has 0 spiro atoms. The lowest BCUT2D eigenvalue weighted by molar-refractivity contribution is -0.121. The fourth-order valence-corrected chi connectivity index (χ4v) is 2.95. The van der Waals surface area contributed by atoms with Crippen LogP contribution < -0.4 is 5.32 Å². The number of rotatable bonds is 7. The van der Waals surface area contributed by atoms with Gasteiger partial charge >= 0.3 is 0 Å². The maximum absolute atomic E-state index is 11.8. The molecule has 2 heterocycles. The van der Waals surface area contributed by atoms with Crippen LogP contribution >= 0.6 is 0 Å². The molecule has 122 valence electrons. The first-order valence-corrected chi connectivity index (χ1v) is 8.17. The molecule has 1 amide bonds. The first-order chi connectivity index (χ1) is 11.2. The Morgan fingerprint density at radius 2 is 2.26 bits per heavy atom. The Kier molecular flexibility index (Phi) is 4.95. The van der Waals surface area contributed by atoms with E-state index in [1.54, 1.807) is 11.0 Å². The van der Waals surface area contributed by atoms with Gasteiger partial charge in [-0.25, -0.2) is 15.0 Å². The smallest absolute Gasteiger partial charge is 0.220 e. The van der Waals surface area contributed by atoms with Gasteiger partial charge in [0.25, 0.3) is 0 Å². The summed E-state index contributed by atoms with van der Waals surface area (Å²) in [4.78, 5) is 24.9. The van der Waals surface area contributed by atoms with E-state index in [2.05, 4.69) is 32.3 Å². The van der Waals surface area contributed by atoms with Crippen LogP contribution in [0.25, 0.3) is 0 Å². The molecule has 0 unspecified atom stereocenters. The molecule has 7 heteroatoms. The van der Waals surface area contributed by atoms with Crippen molar-refractivity contribution in [2.75, 3.05) is 6.54 Å². The summed E-state index contributed by atoms with van der Waals surface area (Å²) in [7, 11) is 0. The lowest BCUT2D eigenvalue weighted by atomic mass is 10.2. The fraction of sp³-hybridized carbons (Fsp3) is 0.562. The summed E-state index contributed by atoms with van der Waals surface area (Å²) in [6.45, 7) is 3.35. The SMILES string of the molecule is Cc1nc(CCNC(=O)CCCn2cncn2)nc2c1CCC2. The van der Waals surface area contributed by atoms with E-state index in [0.717, 1.165) is 30.8 Å². The van der Waals surface area contributed by atoms with Gasteiger partial charge in [0.15, 0.2) is 0 Å². The van der Waals surface area contributed by atoms with Gasteiger partial charge in [0.05, 0.1) is 0 Å². The third kappa shape index (κ3) is 4.12. The van der Waals surface area contributed by atoms with Gasteiger partial charge < -0.3 is 5.32 Å². The highest BCUT2D eigenvalue weighted by Gasteiger charge is 2.16. The Hall–Kier alpha value is -2.31. The summed E-state index contributed by atoms with van der Waals surface area (Å²) >= 11 is 0. The highest BCUT2D eigenvalue weighted by atomic mass is 16.1. The van der Waals surface area contributed by atoms with Crippen LogP contribution in [0.5, 0.6) is 0 Å². The number of amides is 1. The standard InChI is InChI=1S/C16H22N6O/c1-12-13-4-2-5-14(13)21-15(20-12)7-8-18-16(23)6-3-9-22-11-17-10-19-22/h10-11H,2-9H2,1H3,(H,18,23). The van der Waals surface area contributed by atoms with E-state index in [9.17, 15) is 4.79 Å². The number of hydrogen-bond donors (Lipinski definition) is 1. The number of aryl methyl sites for hydroxylation is 3. The summed E-state index contributed by atoms with van der Waals surface area (Å²) in [5.41, 5.74) is 3.62. The molecular weight excluding hydrogens is 292 g/mol. The number of carbonyl (C=O) groups excluding carboxylic acids is 1. The normalized spacial score (nSPS) is 13.1. The lowest BCUT2D eigenvalue weighted by Crippen LogP contribution is -2.26. The van der Waals surface area contributed by atoms with E-state index in [-0.39, 0.29) is 5.91 Å². The molecule has 0 aromatic carbocycles. The summed E-state index contributed by atoms with van der Waals surface area (Å²) in [5, 5.41) is 6.94. The molecule has 0 saturated heterocycles. The largest absolute Gasteiger partial charge is 0.356 e. The van der Waals surface area contributed by atoms with Gasteiger partial charge in [0, 0.05) is 37.3 Å². The second-order valence-electron chi connectivity index (χ2n) is 5.87. The Balaban J connectivity index is 1.39. The van der Waals surface area contributed by atoms with E-state index < -0.39 is 0 Å². The summed E-state index contributed by atoms with van der Waals surface area (Å²) in [5.74, 6) is 0.897. The van der Waals surface area contributed by atoms with Gasteiger partial charge in [-0.05, 0) is 38.2 Å². The maximum Gasteiger partial charge on any atom is 0.220 e. The Morgan fingerprint density at radius 3 is 3.09 bits per heavy atom. The van der Waals surface area contributed by atoms with Crippen molar-refractivity contribution < 1.29 is 4.79 Å². The van der Waals surface area contributed by atoms with Crippen molar-refractivity contribution in [2.24, 2.45) is 0 Å². The van der Waals surface area contributed by atoms with Gasteiger partial charge in [-0.1, -0.05) is 0 Å². The number of nitrogens with one attached hydrogen (secondary N) is 1. The number of fused-ring (bicyclic) bond motifs is 1. The minimum absolute atomic E-state index is 0.0583. The minimum atomic E-state index is 0.0583. The summed E-state index contributed by atoms with van der Waals surface area (Å²) in [6, 6.07) is 0. The second-order valence-corrected chi connectivity index (χ2v) is 5.87. The van der Waals surface area contributed by atoms with Gasteiger partial charge in [0.2, 0.25) is 5.91 Å². The molecule has 0 fully saturated rings. The Morgan fingerprint density at radius 1 is 1.35 bits per heavy atom. The quantitative estimate of drug-likeness (QED) is 0.824. The monoisotopic (exact) mass is 314 g/mol. The molecule has 3 rings (SSSR count).